The molecule has 0 fully saturated rings. The van der Waals surface area contributed by atoms with Gasteiger partial charge in [-0.05, 0) is 12.2 Å². The van der Waals surface area contributed by atoms with Crippen LogP contribution in [-0.2, 0) is 4.74 Å². The average Bonchev–Trinajstić information content (AvgIpc) is 2.07. The Morgan fingerprint density at radius 2 is 2.07 bits per heavy atom. The van der Waals surface area contributed by atoms with Crippen molar-refractivity contribution in [1.82, 2.24) is 0 Å². The minimum absolute atomic E-state index is 0.00845. The number of allylic oxidation sites excluding steroid dienone is 1. The third kappa shape index (κ3) is 1.51. The van der Waals surface area contributed by atoms with Crippen molar-refractivity contribution in [2.75, 3.05) is 7.11 Å². The van der Waals surface area contributed by atoms with Crippen LogP contribution in [0.15, 0.2) is 23.9 Å². The van der Waals surface area contributed by atoms with Crippen LogP contribution < -0.4 is 11.5 Å². The molecule has 0 saturated carbocycles. The highest BCUT2D eigenvalue weighted by Crippen LogP contribution is 2.39. The van der Waals surface area contributed by atoms with E-state index in [1.165, 1.54) is 12.2 Å². The summed E-state index contributed by atoms with van der Waals surface area (Å²) in [7, 11) is 0.955. The summed E-state index contributed by atoms with van der Waals surface area (Å²) >= 11 is 0. The predicted molar refractivity (Wildman–Crippen MR) is 45.2 cm³/mol. The maximum absolute atomic E-state index is 12.7. The van der Waals surface area contributed by atoms with Gasteiger partial charge < -0.3 is 16.2 Å². The highest BCUT2D eigenvalue weighted by Gasteiger charge is 2.58. The lowest BCUT2D eigenvalue weighted by atomic mass is 9.88. The molecular weight excluding hydrogens is 197 g/mol. The number of ether oxygens (including phenoxy) is 1. The van der Waals surface area contributed by atoms with Crippen LogP contribution in [0.4, 0.5) is 13.2 Å². The van der Waals surface area contributed by atoms with Gasteiger partial charge in [0.05, 0.1) is 6.04 Å². The number of nitrogens with two attached hydrogens (primary N) is 2. The minimum atomic E-state index is -4.59. The van der Waals surface area contributed by atoms with Crippen molar-refractivity contribution >= 4 is 0 Å². The van der Waals surface area contributed by atoms with Gasteiger partial charge in [0.2, 0.25) is 5.60 Å². The van der Waals surface area contributed by atoms with E-state index in [1.54, 1.807) is 0 Å². The minimum Gasteiger partial charge on any atom is -0.399 e. The van der Waals surface area contributed by atoms with Crippen LogP contribution in [0.1, 0.15) is 0 Å². The van der Waals surface area contributed by atoms with Gasteiger partial charge in [-0.1, -0.05) is 6.08 Å². The van der Waals surface area contributed by atoms with Gasteiger partial charge in [0, 0.05) is 12.8 Å². The van der Waals surface area contributed by atoms with E-state index < -0.39 is 17.8 Å². The maximum atomic E-state index is 12.7. The van der Waals surface area contributed by atoms with Gasteiger partial charge in [-0.2, -0.15) is 13.2 Å². The molecule has 1 rings (SSSR count). The molecule has 1 aliphatic rings. The van der Waals surface area contributed by atoms with E-state index >= 15 is 0 Å². The lowest BCUT2D eigenvalue weighted by Crippen LogP contribution is -2.58. The van der Waals surface area contributed by atoms with Crippen molar-refractivity contribution in [2.45, 2.75) is 17.8 Å². The highest BCUT2D eigenvalue weighted by atomic mass is 19.4. The van der Waals surface area contributed by atoms with Crippen LogP contribution in [0, 0.1) is 0 Å². The van der Waals surface area contributed by atoms with Crippen molar-refractivity contribution in [1.29, 1.82) is 0 Å². The summed E-state index contributed by atoms with van der Waals surface area (Å²) < 4.78 is 42.5. The molecule has 6 heteroatoms. The van der Waals surface area contributed by atoms with Crippen molar-refractivity contribution < 1.29 is 17.9 Å². The quantitative estimate of drug-likeness (QED) is 0.665. The first-order valence-electron chi connectivity index (χ1n) is 3.87. The molecule has 2 unspecified atom stereocenters. The smallest absolute Gasteiger partial charge is 0.399 e. The monoisotopic (exact) mass is 208 g/mol. The zero-order valence-electron chi connectivity index (χ0n) is 7.51. The molecular formula is C8H11F3N2O. The third-order valence-electron chi connectivity index (χ3n) is 2.15. The second-order valence-electron chi connectivity index (χ2n) is 3.02. The Kier molecular flexibility index (Phi) is 2.60. The van der Waals surface area contributed by atoms with E-state index in [2.05, 4.69) is 4.74 Å². The van der Waals surface area contributed by atoms with E-state index in [4.69, 9.17) is 11.5 Å². The van der Waals surface area contributed by atoms with Crippen LogP contribution in [0.2, 0.25) is 0 Å². The van der Waals surface area contributed by atoms with Gasteiger partial charge in [0.15, 0.2) is 0 Å². The first-order valence-corrected chi connectivity index (χ1v) is 3.87. The van der Waals surface area contributed by atoms with Gasteiger partial charge in [-0.15, -0.1) is 0 Å². The molecule has 0 aromatic carbocycles. The molecule has 0 heterocycles. The van der Waals surface area contributed by atoms with Gasteiger partial charge >= 0.3 is 6.18 Å². The van der Waals surface area contributed by atoms with Gasteiger partial charge in [0.25, 0.3) is 0 Å². The summed E-state index contributed by atoms with van der Waals surface area (Å²) in [6, 6.07) is -1.28. The second kappa shape index (κ2) is 3.29. The van der Waals surface area contributed by atoms with E-state index in [0.29, 0.717) is 0 Å². The largest absolute Gasteiger partial charge is 0.423 e. The molecule has 0 radical (unpaired) electrons. The molecule has 2 atom stereocenters. The Balaban J connectivity index is 3.17. The molecule has 1 aliphatic carbocycles. The first-order chi connectivity index (χ1) is 6.33. The zero-order chi connectivity index (χ0) is 11.0. The highest BCUT2D eigenvalue weighted by molar-refractivity contribution is 5.32. The summed E-state index contributed by atoms with van der Waals surface area (Å²) in [5.74, 6) is 0. The molecule has 80 valence electrons. The Morgan fingerprint density at radius 1 is 1.50 bits per heavy atom. The average molecular weight is 208 g/mol. The van der Waals surface area contributed by atoms with Crippen LogP contribution in [0.3, 0.4) is 0 Å². The van der Waals surface area contributed by atoms with E-state index in [0.717, 1.165) is 13.2 Å². The van der Waals surface area contributed by atoms with Gasteiger partial charge in [0.1, 0.15) is 0 Å². The van der Waals surface area contributed by atoms with Gasteiger partial charge in [-0.25, -0.2) is 0 Å². The lowest BCUT2D eigenvalue weighted by Gasteiger charge is -2.37. The third-order valence-corrected chi connectivity index (χ3v) is 2.15. The summed E-state index contributed by atoms with van der Waals surface area (Å²) in [6.45, 7) is 0. The molecule has 4 N–H and O–H groups in total. The fourth-order valence-corrected chi connectivity index (χ4v) is 1.33. The SMILES string of the molecule is COC1(C(F)(F)F)C=C(N)C=CC1N. The number of halogens is 3. The number of rotatable bonds is 1. The van der Waals surface area contributed by atoms with Crippen molar-refractivity contribution in [3.63, 3.8) is 0 Å². The van der Waals surface area contributed by atoms with Gasteiger partial charge in [-0.3, -0.25) is 0 Å². The Labute approximate surface area is 79.2 Å². The van der Waals surface area contributed by atoms with Crippen LogP contribution in [0.5, 0.6) is 0 Å². The molecule has 14 heavy (non-hydrogen) atoms. The normalized spacial score (nSPS) is 32.9. The zero-order valence-corrected chi connectivity index (χ0v) is 7.51. The molecule has 0 amide bonds. The lowest BCUT2D eigenvalue weighted by molar-refractivity contribution is -0.253. The van der Waals surface area contributed by atoms with Crippen molar-refractivity contribution in [3.05, 3.63) is 23.9 Å². The Hall–Kier alpha value is -1.01. The summed E-state index contributed by atoms with van der Waals surface area (Å²) in [5.41, 5.74) is 8.11. The summed E-state index contributed by atoms with van der Waals surface area (Å²) in [4.78, 5) is 0. The fourth-order valence-electron chi connectivity index (χ4n) is 1.33. The Bertz CT molecular complexity index is 285. The standard InChI is InChI=1S/C8H11F3N2O/c1-14-7(8(9,10)11)4-5(12)2-3-6(7)13/h2-4,6H,12-13H2,1H3. The number of methoxy groups -OCH3 is 1. The van der Waals surface area contributed by atoms with E-state index in [1.807, 2.05) is 0 Å². The van der Waals surface area contributed by atoms with Crippen LogP contribution >= 0.6 is 0 Å². The molecule has 0 saturated heterocycles. The topological polar surface area (TPSA) is 61.3 Å². The maximum Gasteiger partial charge on any atom is 0.423 e. The van der Waals surface area contributed by atoms with Crippen molar-refractivity contribution in [3.8, 4) is 0 Å². The number of hydrogen-bond acceptors (Lipinski definition) is 3. The molecule has 0 aromatic rings. The van der Waals surface area contributed by atoms with E-state index in [-0.39, 0.29) is 5.70 Å². The van der Waals surface area contributed by atoms with Crippen LogP contribution in [0.25, 0.3) is 0 Å². The number of hydrogen-bond donors (Lipinski definition) is 2. The summed E-state index contributed by atoms with van der Waals surface area (Å²) in [5, 5.41) is 0. The predicted octanol–water partition coefficient (Wildman–Crippen LogP) is 0.674. The molecule has 3 nitrogen and oxygen atoms in total. The first kappa shape index (κ1) is 11.1. The Morgan fingerprint density at radius 3 is 2.43 bits per heavy atom. The number of alkyl halides is 3. The second-order valence-corrected chi connectivity index (χ2v) is 3.02. The fraction of sp³-hybridized carbons (Fsp3) is 0.500. The van der Waals surface area contributed by atoms with E-state index in [9.17, 15) is 13.2 Å². The van der Waals surface area contributed by atoms with Crippen molar-refractivity contribution in [2.24, 2.45) is 11.5 Å². The van der Waals surface area contributed by atoms with Crippen LogP contribution in [-0.4, -0.2) is 24.9 Å². The molecule has 0 aromatic heterocycles. The summed E-state index contributed by atoms with van der Waals surface area (Å²) in [6.07, 6.45) is -1.30. The molecule has 0 spiro atoms. The molecule has 0 bridgehead atoms. The molecule has 0 aliphatic heterocycles.